The van der Waals surface area contributed by atoms with Gasteiger partial charge in [0.1, 0.15) is 11.1 Å². The summed E-state index contributed by atoms with van der Waals surface area (Å²) in [4.78, 5) is 42.6. The maximum absolute atomic E-state index is 13.0. The average molecular weight is 425 g/mol. The van der Waals surface area contributed by atoms with E-state index in [1.807, 2.05) is 16.7 Å². The number of amides is 2. The topological polar surface area (TPSA) is 93.1 Å². The average Bonchev–Trinajstić information content (AvgIpc) is 3.29. The van der Waals surface area contributed by atoms with Crippen LogP contribution in [-0.2, 0) is 6.42 Å². The van der Waals surface area contributed by atoms with E-state index in [0.717, 1.165) is 37.7 Å². The van der Waals surface area contributed by atoms with Crippen LogP contribution in [0, 0.1) is 5.92 Å². The summed E-state index contributed by atoms with van der Waals surface area (Å²) < 4.78 is 1.89. The Hall–Kier alpha value is -2.96. The quantitative estimate of drug-likeness (QED) is 0.647. The number of nitrogens with one attached hydrogen (secondary N) is 2. The Morgan fingerprint density at radius 1 is 1.10 bits per heavy atom. The van der Waals surface area contributed by atoms with E-state index in [4.69, 9.17) is 0 Å². The van der Waals surface area contributed by atoms with Crippen molar-refractivity contribution in [2.45, 2.75) is 58.4 Å². The van der Waals surface area contributed by atoms with Crippen LogP contribution in [0.5, 0.6) is 0 Å². The third kappa shape index (κ3) is 6.26. The highest BCUT2D eigenvalue weighted by Gasteiger charge is 2.23. The van der Waals surface area contributed by atoms with Gasteiger partial charge in [0.2, 0.25) is 5.43 Å². The number of aromatic nitrogens is 2. The van der Waals surface area contributed by atoms with Crippen LogP contribution in [-0.4, -0.2) is 34.5 Å². The summed E-state index contributed by atoms with van der Waals surface area (Å²) in [5, 5.41) is 5.65. The predicted molar refractivity (Wildman–Crippen MR) is 120 cm³/mol. The lowest BCUT2D eigenvalue weighted by Gasteiger charge is -2.17. The number of nitrogens with zero attached hydrogens (tertiary/aromatic N) is 2. The van der Waals surface area contributed by atoms with Gasteiger partial charge in [0.25, 0.3) is 11.8 Å². The zero-order valence-electron chi connectivity index (χ0n) is 18.4. The van der Waals surface area contributed by atoms with Crippen molar-refractivity contribution >= 4 is 11.8 Å². The van der Waals surface area contributed by atoms with Crippen LogP contribution < -0.4 is 16.1 Å². The molecule has 2 N–H and O–H groups in total. The third-order valence-electron chi connectivity index (χ3n) is 5.71. The molecular formula is C24H32N4O3. The van der Waals surface area contributed by atoms with Crippen molar-refractivity contribution in [1.29, 1.82) is 0 Å². The van der Waals surface area contributed by atoms with Gasteiger partial charge in [0, 0.05) is 43.9 Å². The van der Waals surface area contributed by atoms with E-state index >= 15 is 0 Å². The fourth-order valence-corrected chi connectivity index (χ4v) is 3.87. The van der Waals surface area contributed by atoms with Gasteiger partial charge in [0.05, 0.1) is 0 Å². The molecule has 2 aromatic rings. The lowest BCUT2D eigenvalue weighted by Crippen LogP contribution is -2.36. The SMILES string of the molecule is CC(C)CCNC(=O)c1cn(C2CCCC2)cc(C(=O)NCCc2cccnc2)c1=O. The zero-order chi connectivity index (χ0) is 22.2. The lowest BCUT2D eigenvalue weighted by atomic mass is 10.1. The van der Waals surface area contributed by atoms with E-state index in [-0.39, 0.29) is 17.2 Å². The molecule has 1 fully saturated rings. The van der Waals surface area contributed by atoms with Gasteiger partial charge in [-0.2, -0.15) is 0 Å². The molecule has 1 aliphatic rings. The highest BCUT2D eigenvalue weighted by Crippen LogP contribution is 2.29. The Balaban J connectivity index is 1.78. The minimum atomic E-state index is -0.518. The van der Waals surface area contributed by atoms with Gasteiger partial charge in [-0.15, -0.1) is 0 Å². The van der Waals surface area contributed by atoms with Crippen LogP contribution in [0.4, 0.5) is 0 Å². The minimum absolute atomic E-state index is 0.0228. The molecule has 3 rings (SSSR count). The van der Waals surface area contributed by atoms with Crippen LogP contribution in [0.2, 0.25) is 0 Å². The number of hydrogen-bond acceptors (Lipinski definition) is 4. The highest BCUT2D eigenvalue weighted by molar-refractivity contribution is 5.99. The highest BCUT2D eigenvalue weighted by atomic mass is 16.2. The second-order valence-electron chi connectivity index (χ2n) is 8.61. The molecule has 0 aromatic carbocycles. The molecule has 7 heteroatoms. The molecule has 0 radical (unpaired) electrons. The van der Waals surface area contributed by atoms with E-state index in [9.17, 15) is 14.4 Å². The second-order valence-corrected chi connectivity index (χ2v) is 8.61. The first-order valence-electron chi connectivity index (χ1n) is 11.2. The largest absolute Gasteiger partial charge is 0.352 e. The molecule has 2 amide bonds. The van der Waals surface area contributed by atoms with Crippen molar-refractivity contribution in [2.75, 3.05) is 13.1 Å². The minimum Gasteiger partial charge on any atom is -0.352 e. The van der Waals surface area contributed by atoms with Crippen molar-refractivity contribution in [1.82, 2.24) is 20.2 Å². The summed E-state index contributed by atoms with van der Waals surface area (Å²) in [5.74, 6) is -0.410. The van der Waals surface area contributed by atoms with Crippen molar-refractivity contribution in [2.24, 2.45) is 5.92 Å². The number of rotatable bonds is 9. The van der Waals surface area contributed by atoms with Gasteiger partial charge in [-0.05, 0) is 43.2 Å². The third-order valence-corrected chi connectivity index (χ3v) is 5.71. The van der Waals surface area contributed by atoms with Crippen LogP contribution in [0.1, 0.15) is 78.3 Å². The Labute approximate surface area is 183 Å². The summed E-state index contributed by atoms with van der Waals surface area (Å²) in [5.41, 5.74) is 0.546. The lowest BCUT2D eigenvalue weighted by molar-refractivity contribution is 0.0949. The summed E-state index contributed by atoms with van der Waals surface area (Å²) >= 11 is 0. The van der Waals surface area contributed by atoms with Crippen LogP contribution in [0.25, 0.3) is 0 Å². The Bertz CT molecular complexity index is 947. The molecule has 0 saturated heterocycles. The van der Waals surface area contributed by atoms with Gasteiger partial charge in [0.15, 0.2) is 0 Å². The molecule has 0 aliphatic heterocycles. The van der Waals surface area contributed by atoms with Crippen molar-refractivity contribution < 1.29 is 9.59 Å². The molecule has 0 bridgehead atoms. The summed E-state index contributed by atoms with van der Waals surface area (Å²) in [6.07, 6.45) is 12.3. The van der Waals surface area contributed by atoms with Gasteiger partial charge in [-0.1, -0.05) is 32.8 Å². The smallest absolute Gasteiger partial charge is 0.256 e. The van der Waals surface area contributed by atoms with Gasteiger partial charge < -0.3 is 15.2 Å². The summed E-state index contributed by atoms with van der Waals surface area (Å²) in [7, 11) is 0. The standard InChI is InChI=1S/C24H32N4O3/c1-17(2)9-12-26-23(30)20-15-28(19-7-3-4-8-19)16-21(22(20)29)24(31)27-13-10-18-6-5-11-25-14-18/h5-6,11,14-17,19H,3-4,7-10,12-13H2,1-2H3,(H,26,30)(H,27,31). The van der Waals surface area contributed by atoms with Crippen LogP contribution >= 0.6 is 0 Å². The van der Waals surface area contributed by atoms with E-state index < -0.39 is 17.2 Å². The number of pyridine rings is 2. The molecule has 2 aromatic heterocycles. The van der Waals surface area contributed by atoms with Crippen LogP contribution in [0.15, 0.2) is 41.7 Å². The summed E-state index contributed by atoms with van der Waals surface area (Å²) in [6.45, 7) is 5.05. The molecule has 1 saturated carbocycles. The maximum Gasteiger partial charge on any atom is 0.256 e. The first kappa shape index (κ1) is 22.7. The van der Waals surface area contributed by atoms with Crippen LogP contribution in [0.3, 0.4) is 0 Å². The molecule has 0 atom stereocenters. The Morgan fingerprint density at radius 3 is 2.32 bits per heavy atom. The van der Waals surface area contributed by atoms with Crippen molar-refractivity contribution in [3.8, 4) is 0 Å². The molecular weight excluding hydrogens is 392 g/mol. The number of hydrogen-bond donors (Lipinski definition) is 2. The molecule has 0 spiro atoms. The fraction of sp³-hybridized carbons (Fsp3) is 0.500. The number of carbonyl (C=O) groups is 2. The van der Waals surface area contributed by atoms with Gasteiger partial charge in [-0.25, -0.2) is 0 Å². The zero-order valence-corrected chi connectivity index (χ0v) is 18.4. The van der Waals surface area contributed by atoms with Crippen molar-refractivity contribution in [3.05, 3.63) is 63.8 Å². The maximum atomic E-state index is 13.0. The summed E-state index contributed by atoms with van der Waals surface area (Å²) in [6, 6.07) is 4.00. The van der Waals surface area contributed by atoms with Gasteiger partial charge >= 0.3 is 0 Å². The van der Waals surface area contributed by atoms with Gasteiger partial charge in [-0.3, -0.25) is 19.4 Å². The molecule has 1 aliphatic carbocycles. The molecule has 0 unspecified atom stereocenters. The first-order valence-corrected chi connectivity index (χ1v) is 11.2. The molecule has 7 nitrogen and oxygen atoms in total. The number of carbonyl (C=O) groups excluding carboxylic acids is 2. The van der Waals surface area contributed by atoms with E-state index in [1.165, 1.54) is 0 Å². The fourth-order valence-electron chi connectivity index (χ4n) is 3.87. The molecule has 31 heavy (non-hydrogen) atoms. The van der Waals surface area contributed by atoms with E-state index in [0.29, 0.717) is 25.4 Å². The predicted octanol–water partition coefficient (Wildman–Crippen LogP) is 3.11. The second kappa shape index (κ2) is 10.9. The monoisotopic (exact) mass is 424 g/mol. The molecule has 2 heterocycles. The molecule has 166 valence electrons. The van der Waals surface area contributed by atoms with E-state index in [1.54, 1.807) is 24.8 Å². The Kier molecular flexibility index (Phi) is 7.98. The van der Waals surface area contributed by atoms with Crippen molar-refractivity contribution in [3.63, 3.8) is 0 Å². The Morgan fingerprint density at radius 2 is 1.74 bits per heavy atom. The van der Waals surface area contributed by atoms with E-state index in [2.05, 4.69) is 29.5 Å². The first-order chi connectivity index (χ1) is 15.0. The normalized spacial score (nSPS) is 14.0.